The van der Waals surface area contributed by atoms with Gasteiger partial charge in [-0.3, -0.25) is 9.89 Å². The van der Waals surface area contributed by atoms with E-state index in [4.69, 9.17) is 10.5 Å². The molecular weight excluding hydrogens is 307 g/mol. The van der Waals surface area contributed by atoms with Gasteiger partial charge in [-0.2, -0.15) is 0 Å². The number of guanidine groups is 1. The van der Waals surface area contributed by atoms with Gasteiger partial charge >= 0.3 is 0 Å². The Balaban J connectivity index is 1.40. The summed E-state index contributed by atoms with van der Waals surface area (Å²) in [5, 5.41) is 3.18. The minimum absolute atomic E-state index is 0.0117. The number of nitrogens with one attached hydrogen (secondary N) is 1. The Kier molecular flexibility index (Phi) is 5.68. The molecule has 1 saturated carbocycles. The van der Waals surface area contributed by atoms with Gasteiger partial charge in [-0.15, -0.1) is 0 Å². The molecule has 3 N–H and O–H groups in total. The van der Waals surface area contributed by atoms with Crippen LogP contribution in [0.15, 0.2) is 29.3 Å². The first-order valence-electron chi connectivity index (χ1n) is 8.78. The summed E-state index contributed by atoms with van der Waals surface area (Å²) in [5.41, 5.74) is 6.99. The first kappa shape index (κ1) is 17.2. The summed E-state index contributed by atoms with van der Waals surface area (Å²) < 4.78 is 18.7. The molecule has 6 heteroatoms. The minimum atomic E-state index is -0.183. The van der Waals surface area contributed by atoms with Gasteiger partial charge < -0.3 is 15.8 Å². The topological polar surface area (TPSA) is 62.9 Å². The fraction of sp³-hybridized carbons (Fsp3) is 0.611. The van der Waals surface area contributed by atoms with E-state index >= 15 is 0 Å². The summed E-state index contributed by atoms with van der Waals surface area (Å²) in [6.45, 7) is 6.19. The van der Waals surface area contributed by atoms with Crippen LogP contribution in [0.3, 0.4) is 0 Å². The van der Waals surface area contributed by atoms with Crippen LogP contribution in [0.25, 0.3) is 0 Å². The maximum atomic E-state index is 13.4. The second-order valence-electron chi connectivity index (χ2n) is 6.73. The van der Waals surface area contributed by atoms with E-state index in [2.05, 4.69) is 15.2 Å². The van der Waals surface area contributed by atoms with Gasteiger partial charge in [0, 0.05) is 25.0 Å². The minimum Gasteiger partial charge on any atom is -0.379 e. The van der Waals surface area contributed by atoms with Crippen LogP contribution in [0.5, 0.6) is 0 Å². The third-order valence-corrected chi connectivity index (χ3v) is 4.90. The van der Waals surface area contributed by atoms with Gasteiger partial charge in [0.05, 0.1) is 19.8 Å². The second-order valence-corrected chi connectivity index (χ2v) is 6.73. The molecule has 1 aliphatic heterocycles. The van der Waals surface area contributed by atoms with Crippen LogP contribution >= 0.6 is 0 Å². The molecule has 2 fully saturated rings. The lowest BCUT2D eigenvalue weighted by Gasteiger charge is -2.26. The number of rotatable bonds is 7. The van der Waals surface area contributed by atoms with Crippen LogP contribution in [0.2, 0.25) is 0 Å². The summed E-state index contributed by atoms with van der Waals surface area (Å²) >= 11 is 0. The molecule has 0 radical (unpaired) electrons. The van der Waals surface area contributed by atoms with E-state index in [-0.39, 0.29) is 11.2 Å². The largest absolute Gasteiger partial charge is 0.379 e. The Bertz CT molecular complexity index is 568. The normalized spacial score (nSPS) is 20.8. The Hall–Kier alpha value is -1.66. The van der Waals surface area contributed by atoms with Crippen molar-refractivity contribution in [3.63, 3.8) is 0 Å². The quantitative estimate of drug-likeness (QED) is 0.450. The van der Waals surface area contributed by atoms with Crippen molar-refractivity contribution in [1.82, 2.24) is 10.2 Å². The molecule has 0 amide bonds. The molecule has 0 unspecified atom stereocenters. The molecule has 1 aromatic carbocycles. The fourth-order valence-electron chi connectivity index (χ4n) is 3.14. The predicted octanol–water partition coefficient (Wildman–Crippen LogP) is 1.48. The Morgan fingerprint density at radius 1 is 1.33 bits per heavy atom. The van der Waals surface area contributed by atoms with Crippen molar-refractivity contribution in [2.45, 2.75) is 24.7 Å². The van der Waals surface area contributed by atoms with Gasteiger partial charge in [-0.05, 0) is 43.5 Å². The maximum absolute atomic E-state index is 13.4. The third kappa shape index (κ3) is 4.68. The zero-order chi connectivity index (χ0) is 16.8. The van der Waals surface area contributed by atoms with Crippen molar-refractivity contribution in [3.05, 3.63) is 35.6 Å². The van der Waals surface area contributed by atoms with Crippen molar-refractivity contribution in [2.24, 2.45) is 10.7 Å². The average molecular weight is 334 g/mol. The molecule has 0 atom stereocenters. The average Bonchev–Trinajstić information content (AvgIpc) is 3.39. The first-order chi connectivity index (χ1) is 11.7. The van der Waals surface area contributed by atoms with Gasteiger partial charge in [-0.25, -0.2) is 4.39 Å². The van der Waals surface area contributed by atoms with Crippen molar-refractivity contribution in [3.8, 4) is 0 Å². The first-order valence-corrected chi connectivity index (χ1v) is 8.78. The summed E-state index contributed by atoms with van der Waals surface area (Å²) in [4.78, 5) is 6.88. The van der Waals surface area contributed by atoms with Crippen LogP contribution in [0.4, 0.5) is 4.39 Å². The van der Waals surface area contributed by atoms with Crippen LogP contribution in [0, 0.1) is 5.82 Å². The number of benzene rings is 1. The smallest absolute Gasteiger partial charge is 0.188 e. The van der Waals surface area contributed by atoms with Crippen molar-refractivity contribution < 1.29 is 9.13 Å². The Morgan fingerprint density at radius 2 is 2.12 bits per heavy atom. The standard InChI is InChI=1S/C18H27FN4O/c19-16-4-1-3-15(13-16)18(5-6-18)14-22-17(20)21-7-2-8-23-9-11-24-12-10-23/h1,3-4,13H,2,5-12,14H2,(H3,20,21,22). The molecule has 1 aliphatic carbocycles. The zero-order valence-electron chi connectivity index (χ0n) is 14.1. The highest BCUT2D eigenvalue weighted by Gasteiger charge is 2.44. The van der Waals surface area contributed by atoms with Crippen LogP contribution < -0.4 is 11.1 Å². The summed E-state index contributed by atoms with van der Waals surface area (Å²) in [6.07, 6.45) is 3.12. The molecular formula is C18H27FN4O. The van der Waals surface area contributed by atoms with Crippen LogP contribution in [-0.2, 0) is 10.2 Å². The number of aliphatic imine (C=N–C) groups is 1. The Labute approximate surface area is 143 Å². The lowest BCUT2D eigenvalue weighted by atomic mass is 9.96. The number of hydrogen-bond acceptors (Lipinski definition) is 3. The predicted molar refractivity (Wildman–Crippen MR) is 93.7 cm³/mol. The summed E-state index contributed by atoms with van der Waals surface area (Å²) in [7, 11) is 0. The van der Waals surface area contributed by atoms with Crippen LogP contribution in [0.1, 0.15) is 24.8 Å². The van der Waals surface area contributed by atoms with E-state index in [1.807, 2.05) is 6.07 Å². The molecule has 24 heavy (non-hydrogen) atoms. The van der Waals surface area contributed by atoms with E-state index < -0.39 is 0 Å². The number of halogens is 1. The number of ether oxygens (including phenoxy) is 1. The maximum Gasteiger partial charge on any atom is 0.188 e. The van der Waals surface area contributed by atoms with E-state index in [9.17, 15) is 4.39 Å². The van der Waals surface area contributed by atoms with Crippen molar-refractivity contribution in [2.75, 3.05) is 45.9 Å². The van der Waals surface area contributed by atoms with Crippen LogP contribution in [-0.4, -0.2) is 56.8 Å². The lowest BCUT2D eigenvalue weighted by Crippen LogP contribution is -2.39. The van der Waals surface area contributed by atoms with Gasteiger partial charge in [0.1, 0.15) is 5.82 Å². The zero-order valence-corrected chi connectivity index (χ0v) is 14.1. The highest BCUT2D eigenvalue weighted by Crippen LogP contribution is 2.48. The number of nitrogens with zero attached hydrogens (tertiary/aromatic N) is 2. The van der Waals surface area contributed by atoms with Gasteiger partial charge in [0.15, 0.2) is 5.96 Å². The van der Waals surface area contributed by atoms with Crippen molar-refractivity contribution in [1.29, 1.82) is 0 Å². The van der Waals surface area contributed by atoms with Gasteiger partial charge in [0.25, 0.3) is 0 Å². The highest BCUT2D eigenvalue weighted by molar-refractivity contribution is 5.77. The fourth-order valence-corrected chi connectivity index (χ4v) is 3.14. The third-order valence-electron chi connectivity index (χ3n) is 4.90. The van der Waals surface area contributed by atoms with Crippen molar-refractivity contribution >= 4 is 5.96 Å². The van der Waals surface area contributed by atoms with E-state index in [1.165, 1.54) is 6.07 Å². The van der Waals surface area contributed by atoms with E-state index in [1.54, 1.807) is 12.1 Å². The molecule has 2 aliphatic rings. The molecule has 3 rings (SSSR count). The molecule has 0 bridgehead atoms. The summed E-state index contributed by atoms with van der Waals surface area (Å²) in [6, 6.07) is 6.85. The second kappa shape index (κ2) is 7.94. The molecule has 132 valence electrons. The number of hydrogen-bond donors (Lipinski definition) is 2. The monoisotopic (exact) mass is 334 g/mol. The number of morpholine rings is 1. The van der Waals surface area contributed by atoms with E-state index in [0.29, 0.717) is 12.5 Å². The molecule has 1 saturated heterocycles. The highest BCUT2D eigenvalue weighted by atomic mass is 19.1. The molecule has 0 aromatic heterocycles. The van der Waals surface area contributed by atoms with E-state index in [0.717, 1.165) is 64.2 Å². The van der Waals surface area contributed by atoms with Gasteiger partial charge in [-0.1, -0.05) is 12.1 Å². The molecule has 1 aromatic rings. The van der Waals surface area contributed by atoms with Gasteiger partial charge in [0.2, 0.25) is 0 Å². The molecule has 1 heterocycles. The molecule has 0 spiro atoms. The SMILES string of the molecule is NC(=NCC1(c2cccc(F)c2)CC1)NCCCN1CCOCC1. The summed E-state index contributed by atoms with van der Waals surface area (Å²) in [5.74, 6) is 0.302. The lowest BCUT2D eigenvalue weighted by molar-refractivity contribution is 0.0376. The Morgan fingerprint density at radius 3 is 2.83 bits per heavy atom. The molecule has 5 nitrogen and oxygen atoms in total. The number of nitrogens with two attached hydrogens (primary N) is 1.